The Morgan fingerprint density at radius 2 is 2.31 bits per heavy atom. The average Bonchev–Trinajstić information content (AvgIpc) is 2.83. The number of hydrogen-bond donors (Lipinski definition) is 0. The van der Waals surface area contributed by atoms with Gasteiger partial charge in [-0.1, -0.05) is 6.92 Å². The molecule has 0 aromatic carbocycles. The molecule has 3 nitrogen and oxygen atoms in total. The molecule has 0 radical (unpaired) electrons. The number of furan rings is 1. The van der Waals surface area contributed by atoms with Gasteiger partial charge in [0.05, 0.1) is 0 Å². The minimum atomic E-state index is 0.733. The van der Waals surface area contributed by atoms with Crippen LogP contribution in [-0.4, -0.2) is 9.55 Å². The van der Waals surface area contributed by atoms with Gasteiger partial charge >= 0.3 is 0 Å². The van der Waals surface area contributed by atoms with Gasteiger partial charge in [-0.25, -0.2) is 4.98 Å². The predicted molar refractivity (Wildman–Crippen MR) is 62.2 cm³/mol. The van der Waals surface area contributed by atoms with E-state index in [-0.39, 0.29) is 0 Å². The fourth-order valence-electron chi connectivity index (χ4n) is 2.36. The lowest BCUT2D eigenvalue weighted by atomic mass is 10.0. The third-order valence-electron chi connectivity index (χ3n) is 3.29. The molecule has 3 heteroatoms. The quantitative estimate of drug-likeness (QED) is 0.733. The van der Waals surface area contributed by atoms with E-state index in [1.54, 1.807) is 0 Å². The van der Waals surface area contributed by atoms with Gasteiger partial charge in [0.2, 0.25) is 0 Å². The van der Waals surface area contributed by atoms with Gasteiger partial charge in [-0.05, 0) is 37.8 Å². The summed E-state index contributed by atoms with van der Waals surface area (Å²) in [5.74, 6) is 3.54. The van der Waals surface area contributed by atoms with Crippen LogP contribution in [0, 0.1) is 12.8 Å². The van der Waals surface area contributed by atoms with Gasteiger partial charge in [-0.3, -0.25) is 0 Å². The van der Waals surface area contributed by atoms with Gasteiger partial charge < -0.3 is 8.98 Å². The summed E-state index contributed by atoms with van der Waals surface area (Å²) in [6.07, 6.45) is 4.38. The van der Waals surface area contributed by atoms with E-state index in [9.17, 15) is 0 Å². The molecule has 16 heavy (non-hydrogen) atoms. The maximum Gasteiger partial charge on any atom is 0.176 e. The lowest BCUT2D eigenvalue weighted by Gasteiger charge is -2.21. The molecule has 1 unspecified atom stereocenters. The summed E-state index contributed by atoms with van der Waals surface area (Å²) in [5.41, 5.74) is 1.34. The Hall–Kier alpha value is -1.51. The first-order valence-corrected chi connectivity index (χ1v) is 5.85. The van der Waals surface area contributed by atoms with Gasteiger partial charge in [-0.2, -0.15) is 0 Å². The number of nitrogens with zero attached hydrogens (tertiary/aromatic N) is 2. The van der Waals surface area contributed by atoms with E-state index < -0.39 is 0 Å². The molecule has 0 saturated heterocycles. The Bertz CT molecular complexity index is 510. The molecule has 2 aromatic rings. The summed E-state index contributed by atoms with van der Waals surface area (Å²) >= 11 is 0. The molecule has 0 spiro atoms. The van der Waals surface area contributed by atoms with Crippen LogP contribution in [0.4, 0.5) is 0 Å². The summed E-state index contributed by atoms with van der Waals surface area (Å²) < 4.78 is 7.94. The molecule has 0 aliphatic carbocycles. The molecule has 3 rings (SSSR count). The monoisotopic (exact) mass is 216 g/mol. The van der Waals surface area contributed by atoms with Crippen molar-refractivity contribution in [2.75, 3.05) is 0 Å². The van der Waals surface area contributed by atoms with Crippen molar-refractivity contribution in [3.63, 3.8) is 0 Å². The second kappa shape index (κ2) is 3.51. The van der Waals surface area contributed by atoms with Gasteiger partial charge in [0.25, 0.3) is 0 Å². The number of hydrogen-bond acceptors (Lipinski definition) is 2. The SMILES string of the molecule is Cc1ccc(-c2ncc3n2CC(C)CC3)o1. The normalized spacial score (nSPS) is 19.8. The van der Waals surface area contributed by atoms with Crippen LogP contribution in [0.25, 0.3) is 11.6 Å². The van der Waals surface area contributed by atoms with Crippen LogP contribution >= 0.6 is 0 Å². The molecule has 0 fully saturated rings. The minimum absolute atomic E-state index is 0.733. The van der Waals surface area contributed by atoms with Crippen LogP contribution in [0.3, 0.4) is 0 Å². The second-order valence-electron chi connectivity index (χ2n) is 4.74. The Kier molecular flexibility index (Phi) is 2.13. The van der Waals surface area contributed by atoms with Crippen molar-refractivity contribution in [3.8, 4) is 11.6 Å². The van der Waals surface area contributed by atoms with Crippen molar-refractivity contribution >= 4 is 0 Å². The fraction of sp³-hybridized carbons (Fsp3) is 0.462. The first-order chi connectivity index (χ1) is 7.74. The first kappa shape index (κ1) is 9.70. The van der Waals surface area contributed by atoms with Crippen LogP contribution in [0.15, 0.2) is 22.7 Å². The number of aromatic nitrogens is 2. The molecular weight excluding hydrogens is 200 g/mol. The molecule has 2 aromatic heterocycles. The highest BCUT2D eigenvalue weighted by Crippen LogP contribution is 2.27. The van der Waals surface area contributed by atoms with Crippen LogP contribution in [0.5, 0.6) is 0 Å². The van der Waals surface area contributed by atoms with Crippen LogP contribution < -0.4 is 0 Å². The lowest BCUT2D eigenvalue weighted by Crippen LogP contribution is -2.18. The Morgan fingerprint density at radius 1 is 1.44 bits per heavy atom. The third-order valence-corrected chi connectivity index (χ3v) is 3.29. The number of aryl methyl sites for hydroxylation is 2. The van der Waals surface area contributed by atoms with E-state index in [1.165, 1.54) is 12.1 Å². The highest BCUT2D eigenvalue weighted by molar-refractivity contribution is 5.49. The summed E-state index contributed by atoms with van der Waals surface area (Å²) in [5, 5.41) is 0. The predicted octanol–water partition coefficient (Wildman–Crippen LogP) is 3.03. The number of fused-ring (bicyclic) bond motifs is 1. The molecule has 1 aliphatic heterocycles. The van der Waals surface area contributed by atoms with Crippen molar-refractivity contribution in [3.05, 3.63) is 29.8 Å². The van der Waals surface area contributed by atoms with E-state index in [4.69, 9.17) is 4.42 Å². The van der Waals surface area contributed by atoms with Crippen LogP contribution in [0.1, 0.15) is 24.8 Å². The van der Waals surface area contributed by atoms with Crippen molar-refractivity contribution < 1.29 is 4.42 Å². The molecule has 0 amide bonds. The van der Waals surface area contributed by atoms with Gasteiger partial charge in [-0.15, -0.1) is 0 Å². The fourth-order valence-corrected chi connectivity index (χ4v) is 2.36. The average molecular weight is 216 g/mol. The minimum Gasteiger partial charge on any atom is -0.458 e. The zero-order valence-electron chi connectivity index (χ0n) is 9.73. The van der Waals surface area contributed by atoms with E-state index in [0.29, 0.717) is 0 Å². The van der Waals surface area contributed by atoms with E-state index >= 15 is 0 Å². The largest absolute Gasteiger partial charge is 0.458 e. The maximum atomic E-state index is 5.65. The van der Waals surface area contributed by atoms with Gasteiger partial charge in [0.1, 0.15) is 5.76 Å². The van der Waals surface area contributed by atoms with Crippen molar-refractivity contribution in [1.29, 1.82) is 0 Å². The summed E-state index contributed by atoms with van der Waals surface area (Å²) in [6, 6.07) is 3.99. The standard InChI is InChI=1S/C13H16N2O/c1-9-3-5-11-7-14-13(15(11)8-9)12-6-4-10(2)16-12/h4,6-7,9H,3,5,8H2,1-2H3. The zero-order chi connectivity index (χ0) is 11.1. The molecule has 1 aliphatic rings. The van der Waals surface area contributed by atoms with E-state index in [1.807, 2.05) is 25.3 Å². The second-order valence-corrected chi connectivity index (χ2v) is 4.74. The molecule has 1 atom stereocenters. The van der Waals surface area contributed by atoms with Gasteiger partial charge in [0, 0.05) is 18.4 Å². The highest BCUT2D eigenvalue weighted by atomic mass is 16.3. The molecular formula is C13H16N2O. The van der Waals surface area contributed by atoms with Crippen molar-refractivity contribution in [2.24, 2.45) is 5.92 Å². The first-order valence-electron chi connectivity index (χ1n) is 5.85. The molecule has 0 N–H and O–H groups in total. The maximum absolute atomic E-state index is 5.65. The number of rotatable bonds is 1. The van der Waals surface area contributed by atoms with Crippen LogP contribution in [-0.2, 0) is 13.0 Å². The van der Waals surface area contributed by atoms with Gasteiger partial charge in [0.15, 0.2) is 11.6 Å². The lowest BCUT2D eigenvalue weighted by molar-refractivity contribution is 0.399. The number of imidazole rings is 1. The van der Waals surface area contributed by atoms with Crippen LogP contribution in [0.2, 0.25) is 0 Å². The van der Waals surface area contributed by atoms with Crippen molar-refractivity contribution in [1.82, 2.24) is 9.55 Å². The van der Waals surface area contributed by atoms with E-state index in [2.05, 4.69) is 16.5 Å². The summed E-state index contributed by atoms with van der Waals surface area (Å²) in [6.45, 7) is 5.32. The molecule has 0 bridgehead atoms. The zero-order valence-corrected chi connectivity index (χ0v) is 9.73. The Balaban J connectivity index is 2.06. The Labute approximate surface area is 95.1 Å². The smallest absolute Gasteiger partial charge is 0.176 e. The Morgan fingerprint density at radius 3 is 3.06 bits per heavy atom. The molecule has 84 valence electrons. The van der Waals surface area contributed by atoms with Crippen molar-refractivity contribution in [2.45, 2.75) is 33.2 Å². The van der Waals surface area contributed by atoms with E-state index in [0.717, 1.165) is 36.2 Å². The molecule has 3 heterocycles. The highest BCUT2D eigenvalue weighted by Gasteiger charge is 2.20. The summed E-state index contributed by atoms with van der Waals surface area (Å²) in [7, 11) is 0. The topological polar surface area (TPSA) is 31.0 Å². The summed E-state index contributed by atoms with van der Waals surface area (Å²) in [4.78, 5) is 4.49. The third kappa shape index (κ3) is 1.47. The molecule has 0 saturated carbocycles.